The van der Waals surface area contributed by atoms with Gasteiger partial charge in [0.2, 0.25) is 5.76 Å². The second-order valence-corrected chi connectivity index (χ2v) is 11.2. The molecule has 2 aliphatic rings. The molecule has 0 radical (unpaired) electrons. The zero-order chi connectivity index (χ0) is 27.9. The molecule has 2 bridgehead atoms. The number of ether oxygens (including phenoxy) is 2. The predicted octanol–water partition coefficient (Wildman–Crippen LogP) is 5.08. The molecule has 1 aromatic heterocycles. The molecule has 2 aromatic carbocycles. The molecular weight excluding hydrogens is 496 g/mol. The summed E-state index contributed by atoms with van der Waals surface area (Å²) < 4.78 is 16.7. The number of likely N-dealkylation sites (tertiary alicyclic amines) is 1. The number of nitrogens with one attached hydrogen (secondary N) is 1. The number of fused-ring (bicyclic) bond motifs is 2. The van der Waals surface area contributed by atoms with Gasteiger partial charge in [-0.1, -0.05) is 32.0 Å². The Morgan fingerprint density at radius 2 is 1.85 bits per heavy atom. The van der Waals surface area contributed by atoms with Crippen molar-refractivity contribution in [3.63, 3.8) is 0 Å². The third-order valence-electron chi connectivity index (χ3n) is 7.35. The Hall–Kier alpha value is -4.16. The van der Waals surface area contributed by atoms with Crippen LogP contribution >= 0.6 is 0 Å². The van der Waals surface area contributed by atoms with Crippen LogP contribution in [-0.2, 0) is 10.2 Å². The number of nitrogens with zero attached hydrogens (tertiary/aromatic N) is 3. The summed E-state index contributed by atoms with van der Waals surface area (Å²) in [6.07, 6.45) is 2.12. The van der Waals surface area contributed by atoms with Crippen molar-refractivity contribution in [3.05, 3.63) is 64.4 Å². The lowest BCUT2D eigenvalue weighted by Gasteiger charge is -2.31. The maximum absolute atomic E-state index is 13.4. The van der Waals surface area contributed by atoms with Crippen molar-refractivity contribution in [2.24, 2.45) is 0 Å². The van der Waals surface area contributed by atoms with E-state index in [2.05, 4.69) is 16.5 Å². The Labute approximate surface area is 227 Å². The number of anilines is 1. The molecule has 9 heteroatoms. The minimum Gasteiger partial charge on any atom is -0.495 e. The molecule has 2 aliphatic heterocycles. The Morgan fingerprint density at radius 1 is 1.13 bits per heavy atom. The zero-order valence-corrected chi connectivity index (χ0v) is 22.8. The van der Waals surface area contributed by atoms with E-state index in [0.29, 0.717) is 30.0 Å². The highest BCUT2D eigenvalue weighted by atomic mass is 16.5. The van der Waals surface area contributed by atoms with Crippen molar-refractivity contribution in [3.8, 4) is 23.1 Å². The highest BCUT2D eigenvalue weighted by molar-refractivity contribution is 6.07. The summed E-state index contributed by atoms with van der Waals surface area (Å²) in [5.41, 5.74) is 3.82. The van der Waals surface area contributed by atoms with Crippen LogP contribution in [0.5, 0.6) is 5.75 Å². The van der Waals surface area contributed by atoms with Gasteiger partial charge in [-0.15, -0.1) is 0 Å². The van der Waals surface area contributed by atoms with Crippen LogP contribution in [0.25, 0.3) is 11.3 Å². The third kappa shape index (κ3) is 5.25. The highest BCUT2D eigenvalue weighted by Crippen LogP contribution is 2.33. The van der Waals surface area contributed by atoms with Crippen LogP contribution in [-0.4, -0.2) is 54.3 Å². The number of amides is 2. The summed E-state index contributed by atoms with van der Waals surface area (Å²) >= 11 is 0. The number of aromatic nitrogens is 1. The van der Waals surface area contributed by atoms with Crippen LogP contribution in [0.15, 0.2) is 40.9 Å². The predicted molar refractivity (Wildman–Crippen MR) is 145 cm³/mol. The average Bonchev–Trinajstić information content (AvgIpc) is 3.53. The maximum Gasteiger partial charge on any atom is 0.292 e. The van der Waals surface area contributed by atoms with E-state index in [9.17, 15) is 14.9 Å². The largest absolute Gasteiger partial charge is 0.495 e. The van der Waals surface area contributed by atoms with Gasteiger partial charge in [0.05, 0.1) is 30.4 Å². The molecule has 2 unspecified atom stereocenters. The molecule has 2 amide bonds. The molecule has 2 fully saturated rings. The first-order valence-electron chi connectivity index (χ1n) is 13.0. The Kier molecular flexibility index (Phi) is 6.91. The van der Waals surface area contributed by atoms with E-state index >= 15 is 0 Å². The smallest absolute Gasteiger partial charge is 0.292 e. The van der Waals surface area contributed by atoms with Gasteiger partial charge in [-0.25, -0.2) is 0 Å². The number of methoxy groups -OCH3 is 1. The molecule has 0 spiro atoms. The monoisotopic (exact) mass is 528 g/mol. The van der Waals surface area contributed by atoms with Gasteiger partial charge in [0.1, 0.15) is 17.5 Å². The first-order chi connectivity index (χ1) is 18.6. The van der Waals surface area contributed by atoms with Gasteiger partial charge < -0.3 is 24.2 Å². The number of benzene rings is 2. The van der Waals surface area contributed by atoms with Gasteiger partial charge in [0, 0.05) is 30.4 Å². The summed E-state index contributed by atoms with van der Waals surface area (Å²) in [5, 5.41) is 16.8. The molecule has 0 aliphatic carbocycles. The summed E-state index contributed by atoms with van der Waals surface area (Å²) in [7, 11) is 1.44. The van der Waals surface area contributed by atoms with E-state index < -0.39 is 5.91 Å². The minimum absolute atomic E-state index is 0.0876. The van der Waals surface area contributed by atoms with Crippen molar-refractivity contribution >= 4 is 17.5 Å². The van der Waals surface area contributed by atoms with Crippen molar-refractivity contribution in [1.29, 1.82) is 5.26 Å². The second-order valence-electron chi connectivity index (χ2n) is 11.2. The fourth-order valence-corrected chi connectivity index (χ4v) is 5.15. The van der Waals surface area contributed by atoms with Crippen molar-refractivity contribution in [2.75, 3.05) is 25.5 Å². The molecule has 9 nitrogen and oxygen atoms in total. The fourth-order valence-electron chi connectivity index (χ4n) is 5.15. The van der Waals surface area contributed by atoms with Crippen LogP contribution in [0.3, 0.4) is 0 Å². The quantitative estimate of drug-likeness (QED) is 0.490. The standard InChI is InChI=1S/C30H32N4O5/c1-17-6-7-20(32-28(35)24-11-19(30(2,3)4)10-18(14-31)27(24)37-5)12-23(17)25-13-26(39-33-25)29(36)34-15-21-8-9-22(16-34)38-21/h6-7,10-13,21-22H,8-9,15-16H2,1-5H3,(H,32,35). The molecule has 2 saturated heterocycles. The van der Waals surface area contributed by atoms with Gasteiger partial charge in [0.15, 0.2) is 0 Å². The molecule has 3 aromatic rings. The van der Waals surface area contributed by atoms with Crippen LogP contribution in [0, 0.1) is 18.3 Å². The Balaban J connectivity index is 1.40. The SMILES string of the molecule is COc1c(C#N)cc(C(C)(C)C)cc1C(=O)Nc1ccc(C)c(-c2cc(C(=O)N3CC4CCC(C3)O4)on2)c1. The first kappa shape index (κ1) is 26.4. The topological polar surface area (TPSA) is 118 Å². The van der Waals surface area contributed by atoms with E-state index in [1.165, 1.54) is 7.11 Å². The number of hydrogen-bond donors (Lipinski definition) is 1. The van der Waals surface area contributed by atoms with Gasteiger partial charge in [-0.05, 0) is 60.6 Å². The highest BCUT2D eigenvalue weighted by Gasteiger charge is 2.37. The number of carbonyl (C=O) groups excluding carboxylic acids is 2. The van der Waals surface area contributed by atoms with Crippen LogP contribution in [0.2, 0.25) is 0 Å². The number of carbonyl (C=O) groups is 2. The summed E-state index contributed by atoms with van der Waals surface area (Å²) in [4.78, 5) is 28.3. The minimum atomic E-state index is -0.401. The lowest BCUT2D eigenvalue weighted by Crippen LogP contribution is -2.45. The second kappa shape index (κ2) is 10.2. The third-order valence-corrected chi connectivity index (χ3v) is 7.35. The van der Waals surface area contributed by atoms with Gasteiger partial charge >= 0.3 is 0 Å². The number of aryl methyl sites for hydroxylation is 1. The molecule has 3 heterocycles. The molecule has 1 N–H and O–H groups in total. The number of nitriles is 1. The van der Waals surface area contributed by atoms with E-state index in [0.717, 1.165) is 29.5 Å². The zero-order valence-electron chi connectivity index (χ0n) is 22.8. The number of rotatable bonds is 5. The fraction of sp³-hybridized carbons (Fsp3) is 0.400. The summed E-state index contributed by atoms with van der Waals surface area (Å²) in [5.74, 6) is -0.197. The van der Waals surface area contributed by atoms with Crippen molar-refractivity contribution in [2.45, 2.75) is 58.2 Å². The van der Waals surface area contributed by atoms with Crippen molar-refractivity contribution in [1.82, 2.24) is 10.1 Å². The lowest BCUT2D eigenvalue weighted by molar-refractivity contribution is -0.0314. The number of hydrogen-bond acceptors (Lipinski definition) is 7. The Morgan fingerprint density at radius 3 is 2.49 bits per heavy atom. The van der Waals surface area contributed by atoms with Gasteiger partial charge in [-0.3, -0.25) is 9.59 Å². The number of morpholine rings is 1. The van der Waals surface area contributed by atoms with Gasteiger partial charge in [-0.2, -0.15) is 5.26 Å². The molecule has 2 atom stereocenters. The van der Waals surface area contributed by atoms with Gasteiger partial charge in [0.25, 0.3) is 11.8 Å². The average molecular weight is 529 g/mol. The van der Waals surface area contributed by atoms with E-state index in [4.69, 9.17) is 14.0 Å². The summed E-state index contributed by atoms with van der Waals surface area (Å²) in [6, 6.07) is 12.7. The molecular formula is C30H32N4O5. The van der Waals surface area contributed by atoms with Crippen LogP contribution < -0.4 is 10.1 Å². The van der Waals surface area contributed by atoms with Crippen molar-refractivity contribution < 1.29 is 23.6 Å². The molecule has 39 heavy (non-hydrogen) atoms. The Bertz CT molecular complexity index is 1470. The van der Waals surface area contributed by atoms with Crippen LogP contribution in [0.1, 0.15) is 71.2 Å². The van der Waals surface area contributed by atoms with Crippen LogP contribution in [0.4, 0.5) is 5.69 Å². The maximum atomic E-state index is 13.4. The molecule has 202 valence electrons. The summed E-state index contributed by atoms with van der Waals surface area (Å²) in [6.45, 7) is 9.09. The normalized spacial score (nSPS) is 18.5. The van der Waals surface area contributed by atoms with E-state index in [1.54, 1.807) is 35.2 Å². The molecule has 5 rings (SSSR count). The first-order valence-corrected chi connectivity index (χ1v) is 13.0. The molecule has 0 saturated carbocycles. The van der Waals surface area contributed by atoms with E-state index in [1.807, 2.05) is 33.8 Å². The lowest BCUT2D eigenvalue weighted by atomic mass is 9.84. The van der Waals surface area contributed by atoms with E-state index in [-0.39, 0.29) is 40.6 Å².